The molecule has 1 aliphatic rings. The van der Waals surface area contributed by atoms with Gasteiger partial charge in [-0.05, 0) is 87.0 Å². The number of aromatic nitrogens is 5. The molecular weight excluding hydrogens is 719 g/mol. The minimum absolute atomic E-state index is 0.00763. The molecule has 3 heterocycles. The van der Waals surface area contributed by atoms with Crippen LogP contribution in [0, 0.1) is 5.41 Å². The highest BCUT2D eigenvalue weighted by molar-refractivity contribution is 6.28. The van der Waals surface area contributed by atoms with Gasteiger partial charge in [0.25, 0.3) is 0 Å². The summed E-state index contributed by atoms with van der Waals surface area (Å²) in [5, 5.41) is 4.76. The summed E-state index contributed by atoms with van der Waals surface area (Å²) < 4.78 is 4.63. The predicted octanol–water partition coefficient (Wildman–Crippen LogP) is 13.7. The Balaban J connectivity index is 1.24. The lowest BCUT2D eigenvalue weighted by Gasteiger charge is -2.44. The van der Waals surface area contributed by atoms with Gasteiger partial charge in [0, 0.05) is 38.4 Å². The fourth-order valence-electron chi connectivity index (χ4n) is 10.0. The summed E-state index contributed by atoms with van der Waals surface area (Å²) >= 11 is 0. The Bertz CT molecular complexity index is 3280. The molecule has 5 heteroatoms. The number of nitrogens with zero attached hydrogens (tertiary/aromatic N) is 5. The summed E-state index contributed by atoms with van der Waals surface area (Å²) in [6, 6.07) is 58.5. The molecule has 286 valence electrons. The molecule has 0 radical (unpaired) electrons. The van der Waals surface area contributed by atoms with E-state index in [-0.39, 0.29) is 16.2 Å². The van der Waals surface area contributed by atoms with E-state index in [0.29, 0.717) is 17.6 Å². The van der Waals surface area contributed by atoms with Gasteiger partial charge in [0.2, 0.25) is 5.95 Å². The molecule has 0 fully saturated rings. The Hall–Kier alpha value is -6.85. The van der Waals surface area contributed by atoms with Gasteiger partial charge in [-0.3, -0.25) is 4.57 Å². The Morgan fingerprint density at radius 1 is 0.390 bits per heavy atom. The topological polar surface area (TPSA) is 48.5 Å². The van der Waals surface area contributed by atoms with E-state index >= 15 is 0 Å². The molecule has 0 N–H and O–H groups in total. The molecule has 59 heavy (non-hydrogen) atoms. The molecule has 10 aromatic rings. The Kier molecular flexibility index (Phi) is 7.53. The summed E-state index contributed by atoms with van der Waals surface area (Å²) in [5.74, 6) is 1.88. The van der Waals surface area contributed by atoms with Crippen LogP contribution in [0.1, 0.15) is 52.7 Å². The van der Waals surface area contributed by atoms with Crippen molar-refractivity contribution in [2.75, 3.05) is 0 Å². The third-order valence-electron chi connectivity index (χ3n) is 14.3. The monoisotopic (exact) mass is 763 g/mol. The smallest absolute Gasteiger partial charge is 0.238 e. The average molecular weight is 764 g/mol. The van der Waals surface area contributed by atoms with Crippen LogP contribution in [0.2, 0.25) is 0 Å². The van der Waals surface area contributed by atoms with Crippen LogP contribution in [-0.2, 0) is 10.8 Å². The maximum atomic E-state index is 5.53. The van der Waals surface area contributed by atoms with E-state index in [0.717, 1.165) is 49.9 Å². The van der Waals surface area contributed by atoms with Gasteiger partial charge >= 0.3 is 0 Å². The van der Waals surface area contributed by atoms with Crippen molar-refractivity contribution in [2.24, 2.45) is 5.41 Å². The summed E-state index contributed by atoms with van der Waals surface area (Å²) in [6.07, 6.45) is 0. The minimum atomic E-state index is -0.106. The van der Waals surface area contributed by atoms with Crippen molar-refractivity contribution < 1.29 is 0 Å². The van der Waals surface area contributed by atoms with Crippen molar-refractivity contribution in [3.05, 3.63) is 175 Å². The number of rotatable bonds is 5. The normalized spacial score (nSPS) is 15.4. The zero-order valence-corrected chi connectivity index (χ0v) is 34.3. The lowest BCUT2D eigenvalue weighted by atomic mass is 9.59. The van der Waals surface area contributed by atoms with Crippen molar-refractivity contribution in [3.8, 4) is 45.5 Å². The van der Waals surface area contributed by atoms with E-state index in [9.17, 15) is 0 Å². The average Bonchev–Trinajstić information content (AvgIpc) is 3.82. The summed E-state index contributed by atoms with van der Waals surface area (Å²) in [7, 11) is 0. The van der Waals surface area contributed by atoms with Gasteiger partial charge in [0.05, 0.1) is 22.1 Å². The Morgan fingerprint density at radius 2 is 0.847 bits per heavy atom. The van der Waals surface area contributed by atoms with Crippen LogP contribution in [0.4, 0.5) is 0 Å². The van der Waals surface area contributed by atoms with Crippen LogP contribution < -0.4 is 0 Å². The van der Waals surface area contributed by atoms with E-state index in [1.165, 1.54) is 32.8 Å². The first-order chi connectivity index (χ1) is 28.6. The summed E-state index contributed by atoms with van der Waals surface area (Å²) in [4.78, 5) is 16.3. The van der Waals surface area contributed by atoms with Gasteiger partial charge in [-0.15, -0.1) is 0 Å². The lowest BCUT2D eigenvalue weighted by Crippen LogP contribution is -2.42. The van der Waals surface area contributed by atoms with Gasteiger partial charge in [-0.25, -0.2) is 4.98 Å². The molecule has 0 amide bonds. The van der Waals surface area contributed by atoms with Gasteiger partial charge in [0.15, 0.2) is 11.6 Å². The molecule has 0 saturated carbocycles. The lowest BCUT2D eigenvalue weighted by molar-refractivity contribution is 0.125. The second-order valence-electron chi connectivity index (χ2n) is 17.7. The second-order valence-corrected chi connectivity index (χ2v) is 17.7. The standard InChI is InChI=1S/C54H45N5/c1-52(2)41-32-39(34-20-10-7-11-21-34)40(33-42(41)53(3,4)54(52,5)6)50-55-49(35-22-12-8-13-23-35)56-51(57-50)59-44-29-19-17-27-38(44)48-46(59)31-30-45-47(48)37-26-16-18-28-43(37)58(45)36-24-14-9-15-25-36/h7-33H,1-6H3. The van der Waals surface area contributed by atoms with Crippen LogP contribution in [0.3, 0.4) is 0 Å². The Labute approximate surface area is 344 Å². The van der Waals surface area contributed by atoms with Crippen LogP contribution in [-0.4, -0.2) is 24.1 Å². The number of hydrogen-bond acceptors (Lipinski definition) is 3. The van der Waals surface area contributed by atoms with E-state index < -0.39 is 0 Å². The zero-order valence-electron chi connectivity index (χ0n) is 34.3. The van der Waals surface area contributed by atoms with E-state index in [1.54, 1.807) is 0 Å². The molecule has 1 aliphatic carbocycles. The van der Waals surface area contributed by atoms with Gasteiger partial charge in [-0.2, -0.15) is 9.97 Å². The number of hydrogen-bond donors (Lipinski definition) is 0. The molecule has 3 aromatic heterocycles. The van der Waals surface area contributed by atoms with Crippen LogP contribution >= 0.6 is 0 Å². The van der Waals surface area contributed by atoms with Gasteiger partial charge in [-0.1, -0.05) is 157 Å². The van der Waals surface area contributed by atoms with Crippen LogP contribution in [0.25, 0.3) is 89.2 Å². The van der Waals surface area contributed by atoms with E-state index in [2.05, 4.69) is 208 Å². The van der Waals surface area contributed by atoms with Crippen molar-refractivity contribution in [3.63, 3.8) is 0 Å². The van der Waals surface area contributed by atoms with Crippen LogP contribution in [0.15, 0.2) is 164 Å². The number of para-hydroxylation sites is 3. The first kappa shape index (κ1) is 35.3. The molecular formula is C54H45N5. The number of benzene rings is 7. The Morgan fingerprint density at radius 3 is 1.44 bits per heavy atom. The molecule has 0 aliphatic heterocycles. The van der Waals surface area contributed by atoms with Crippen LogP contribution in [0.5, 0.6) is 0 Å². The fraction of sp³-hybridized carbons (Fsp3) is 0.167. The maximum Gasteiger partial charge on any atom is 0.238 e. The first-order valence-corrected chi connectivity index (χ1v) is 20.6. The quantitative estimate of drug-likeness (QED) is 0.175. The van der Waals surface area contributed by atoms with Crippen molar-refractivity contribution in [1.29, 1.82) is 0 Å². The minimum Gasteiger partial charge on any atom is -0.309 e. The highest BCUT2D eigenvalue weighted by atomic mass is 15.2. The molecule has 0 unspecified atom stereocenters. The third-order valence-corrected chi connectivity index (χ3v) is 14.3. The van der Waals surface area contributed by atoms with Gasteiger partial charge in [0.1, 0.15) is 0 Å². The van der Waals surface area contributed by atoms with Gasteiger partial charge < -0.3 is 4.57 Å². The highest BCUT2D eigenvalue weighted by Gasteiger charge is 2.57. The molecule has 11 rings (SSSR count). The third kappa shape index (κ3) is 4.94. The fourth-order valence-corrected chi connectivity index (χ4v) is 10.0. The summed E-state index contributed by atoms with van der Waals surface area (Å²) in [6.45, 7) is 14.4. The SMILES string of the molecule is CC1(C)c2cc(-c3ccccc3)c(-c3nc(-c4ccccc4)nc(-n4c5ccccc5c5c6c7ccccc7n(-c7ccccc7)c6ccc54)n3)cc2C(C)(C)C1(C)C. The van der Waals surface area contributed by atoms with Crippen molar-refractivity contribution >= 4 is 43.6 Å². The summed E-state index contributed by atoms with van der Waals surface area (Å²) in [5.41, 5.74) is 12.3. The zero-order chi connectivity index (χ0) is 40.3. The largest absolute Gasteiger partial charge is 0.309 e. The molecule has 0 atom stereocenters. The highest BCUT2D eigenvalue weighted by Crippen LogP contribution is 2.62. The van der Waals surface area contributed by atoms with E-state index in [4.69, 9.17) is 15.0 Å². The first-order valence-electron chi connectivity index (χ1n) is 20.6. The van der Waals surface area contributed by atoms with Crippen molar-refractivity contribution in [2.45, 2.75) is 52.4 Å². The molecule has 0 bridgehead atoms. The molecule has 0 spiro atoms. The molecule has 5 nitrogen and oxygen atoms in total. The second kappa shape index (κ2) is 12.6. The molecule has 0 saturated heterocycles. The molecule has 7 aromatic carbocycles. The maximum absolute atomic E-state index is 5.53. The van der Waals surface area contributed by atoms with Crippen molar-refractivity contribution in [1.82, 2.24) is 24.1 Å². The number of fused-ring (bicyclic) bond motifs is 8. The van der Waals surface area contributed by atoms with E-state index in [1.807, 2.05) is 6.07 Å². The predicted molar refractivity (Wildman–Crippen MR) is 245 cm³/mol.